The first-order chi connectivity index (χ1) is 11.8. The minimum absolute atomic E-state index is 0.0233. The first-order valence-corrected chi connectivity index (χ1v) is 12.6. The molecule has 2 atom stereocenters. The van der Waals surface area contributed by atoms with Gasteiger partial charge in [0, 0.05) is 0 Å². The fraction of sp³-hybridized carbons (Fsp3) is 0.857. The Hall–Kier alpha value is -0.720. The Kier molecular flexibility index (Phi) is 6.41. The highest BCUT2D eigenvalue weighted by Crippen LogP contribution is 2.23. The van der Waals surface area contributed by atoms with Crippen LogP contribution in [0.2, 0.25) is 0 Å². The van der Waals surface area contributed by atoms with E-state index in [9.17, 15) is 16.8 Å². The smallest absolute Gasteiger partial charge is 0.257 e. The summed E-state index contributed by atoms with van der Waals surface area (Å²) < 4.78 is 56.9. The highest BCUT2D eigenvalue weighted by atomic mass is 32.2. The van der Waals surface area contributed by atoms with Crippen molar-refractivity contribution >= 4 is 54.5 Å². The van der Waals surface area contributed by atoms with Crippen molar-refractivity contribution in [2.75, 3.05) is 36.2 Å². The molecule has 0 aromatic rings. The summed E-state index contributed by atoms with van der Waals surface area (Å²) in [7, 11) is -6.06. The fourth-order valence-corrected chi connectivity index (χ4v) is 7.90. The van der Waals surface area contributed by atoms with E-state index in [2.05, 4.69) is 10.6 Å². The van der Waals surface area contributed by atoms with Gasteiger partial charge >= 0.3 is 0 Å². The summed E-state index contributed by atoms with van der Waals surface area (Å²) in [5.41, 5.74) is -1.23. The van der Waals surface area contributed by atoms with Crippen molar-refractivity contribution in [3.63, 3.8) is 0 Å². The van der Waals surface area contributed by atoms with E-state index in [1.807, 2.05) is 0 Å². The van der Waals surface area contributed by atoms with Gasteiger partial charge in [0.1, 0.15) is 13.2 Å². The van der Waals surface area contributed by atoms with Gasteiger partial charge in [-0.05, 0) is 51.1 Å². The van der Waals surface area contributed by atoms with E-state index < -0.39 is 30.8 Å². The van der Waals surface area contributed by atoms with Crippen molar-refractivity contribution in [3.05, 3.63) is 0 Å². The van der Waals surface area contributed by atoms with E-state index in [0.29, 0.717) is 12.8 Å². The second-order valence-electron chi connectivity index (χ2n) is 7.33. The summed E-state index contributed by atoms with van der Waals surface area (Å²) in [5.74, 6) is 0.318. The molecule has 0 bridgehead atoms. The van der Waals surface area contributed by atoms with Crippen molar-refractivity contribution in [1.82, 2.24) is 10.6 Å². The average Bonchev–Trinajstić information content (AvgIpc) is 2.89. The third-order valence-electron chi connectivity index (χ3n) is 4.36. The molecular weight excluding hydrogens is 420 g/mol. The number of nitrogens with one attached hydrogen (secondary N) is 2. The van der Waals surface area contributed by atoms with Crippen LogP contribution in [0.1, 0.15) is 26.7 Å². The maximum absolute atomic E-state index is 11.6. The standard InChI is InChI=1S/C14H24N2O6S4/c1-13(3-7-25(17,18)9-13)15-11(23)21-5-6-22-12(24)16-14(2)4-8-26(19,20)10-14/h3-10H2,1-2H3,(H,15,23)(H,16,24). The molecule has 2 aliphatic rings. The second-order valence-corrected chi connectivity index (χ2v) is 12.4. The summed E-state index contributed by atoms with van der Waals surface area (Å²) in [5, 5.41) is 6.09. The van der Waals surface area contributed by atoms with E-state index in [4.69, 9.17) is 33.9 Å². The van der Waals surface area contributed by atoms with Crippen LogP contribution in [0.4, 0.5) is 0 Å². The molecule has 0 radical (unpaired) electrons. The Labute approximate surface area is 165 Å². The predicted molar refractivity (Wildman–Crippen MR) is 107 cm³/mol. The normalized spacial score (nSPS) is 31.9. The van der Waals surface area contributed by atoms with Gasteiger partial charge in [-0.1, -0.05) is 0 Å². The fourth-order valence-electron chi connectivity index (χ4n) is 3.05. The van der Waals surface area contributed by atoms with Gasteiger partial charge < -0.3 is 20.1 Å². The number of sulfone groups is 2. The third kappa shape index (κ3) is 6.46. The van der Waals surface area contributed by atoms with Crippen LogP contribution in [-0.4, -0.2) is 74.5 Å². The molecule has 0 amide bonds. The Bertz CT molecular complexity index is 715. The van der Waals surface area contributed by atoms with E-state index in [-0.39, 0.29) is 46.6 Å². The molecule has 2 heterocycles. The van der Waals surface area contributed by atoms with Crippen LogP contribution >= 0.6 is 24.4 Å². The lowest BCUT2D eigenvalue weighted by atomic mass is 10.0. The zero-order chi connectivity index (χ0) is 19.6. The van der Waals surface area contributed by atoms with Crippen LogP contribution in [0.5, 0.6) is 0 Å². The number of rotatable bonds is 5. The van der Waals surface area contributed by atoms with E-state index in [1.165, 1.54) is 0 Å². The van der Waals surface area contributed by atoms with Crippen LogP contribution in [0.3, 0.4) is 0 Å². The number of hydrogen-bond donors (Lipinski definition) is 2. The molecule has 8 nitrogen and oxygen atoms in total. The summed E-state index contributed by atoms with van der Waals surface area (Å²) in [4.78, 5) is 0. The topological polar surface area (TPSA) is 111 Å². The maximum Gasteiger partial charge on any atom is 0.257 e. The number of thiocarbonyl (C=S) groups is 2. The molecule has 2 fully saturated rings. The quantitative estimate of drug-likeness (QED) is 0.441. The minimum atomic E-state index is -3.03. The van der Waals surface area contributed by atoms with Gasteiger partial charge in [0.2, 0.25) is 0 Å². The second kappa shape index (κ2) is 7.72. The molecule has 0 saturated carbocycles. The van der Waals surface area contributed by atoms with Crippen molar-refractivity contribution < 1.29 is 26.3 Å². The summed E-state index contributed by atoms with van der Waals surface area (Å²) in [6.07, 6.45) is 0.954. The van der Waals surface area contributed by atoms with Crippen molar-refractivity contribution in [3.8, 4) is 0 Å². The summed E-state index contributed by atoms with van der Waals surface area (Å²) >= 11 is 10.2. The molecule has 0 aliphatic carbocycles. The van der Waals surface area contributed by atoms with E-state index in [1.54, 1.807) is 13.8 Å². The Morgan fingerprint density at radius 1 is 0.846 bits per heavy atom. The molecular formula is C14H24N2O6S4. The van der Waals surface area contributed by atoms with Gasteiger partial charge in [-0.25, -0.2) is 16.8 Å². The lowest BCUT2D eigenvalue weighted by molar-refractivity contribution is 0.189. The van der Waals surface area contributed by atoms with Crippen LogP contribution in [-0.2, 0) is 29.1 Å². The minimum Gasteiger partial charge on any atom is -0.467 e. The molecule has 0 aromatic carbocycles. The molecule has 150 valence electrons. The van der Waals surface area contributed by atoms with E-state index >= 15 is 0 Å². The number of hydrogen-bond acceptors (Lipinski definition) is 8. The zero-order valence-corrected chi connectivity index (χ0v) is 18.0. The van der Waals surface area contributed by atoms with Gasteiger partial charge in [-0.3, -0.25) is 0 Å². The molecule has 2 rings (SSSR count). The third-order valence-corrected chi connectivity index (χ3v) is 8.61. The van der Waals surface area contributed by atoms with Gasteiger partial charge in [0.15, 0.2) is 19.7 Å². The summed E-state index contributed by atoms with van der Waals surface area (Å²) in [6.45, 7) is 3.84. The largest absolute Gasteiger partial charge is 0.467 e. The van der Waals surface area contributed by atoms with Gasteiger partial charge in [0.05, 0.1) is 34.1 Å². The molecule has 26 heavy (non-hydrogen) atoms. The zero-order valence-electron chi connectivity index (χ0n) is 14.7. The van der Waals surface area contributed by atoms with Gasteiger partial charge in [-0.2, -0.15) is 0 Å². The lowest BCUT2D eigenvalue weighted by Gasteiger charge is -2.26. The van der Waals surface area contributed by atoms with Crippen LogP contribution in [0, 0.1) is 0 Å². The van der Waals surface area contributed by atoms with Crippen molar-refractivity contribution in [2.24, 2.45) is 0 Å². The van der Waals surface area contributed by atoms with Crippen LogP contribution < -0.4 is 10.6 Å². The Morgan fingerprint density at radius 3 is 1.46 bits per heavy atom. The van der Waals surface area contributed by atoms with E-state index in [0.717, 1.165) is 0 Å². The average molecular weight is 445 g/mol. The van der Waals surface area contributed by atoms with Gasteiger partial charge in [-0.15, -0.1) is 0 Å². The highest BCUT2D eigenvalue weighted by molar-refractivity contribution is 7.92. The van der Waals surface area contributed by atoms with Gasteiger partial charge in [0.25, 0.3) is 10.3 Å². The Balaban J connectivity index is 1.66. The van der Waals surface area contributed by atoms with Crippen molar-refractivity contribution in [1.29, 1.82) is 0 Å². The molecule has 2 N–H and O–H groups in total. The maximum atomic E-state index is 11.6. The molecule has 0 spiro atoms. The summed E-state index contributed by atoms with van der Waals surface area (Å²) in [6, 6.07) is 0. The molecule has 12 heteroatoms. The predicted octanol–water partition coefficient (Wildman–Crippen LogP) is -0.0770. The number of ether oxygens (including phenoxy) is 2. The van der Waals surface area contributed by atoms with Crippen molar-refractivity contribution in [2.45, 2.75) is 37.8 Å². The van der Waals surface area contributed by atoms with Crippen LogP contribution in [0.25, 0.3) is 0 Å². The molecule has 2 aliphatic heterocycles. The molecule has 0 aromatic heterocycles. The SMILES string of the molecule is CC1(NC(=S)OCCOC(=S)NC2(C)CCS(=O)(=O)C2)CCS(=O)(=O)C1. The molecule has 2 unspecified atom stereocenters. The lowest BCUT2D eigenvalue weighted by Crippen LogP contribution is -2.48. The first-order valence-electron chi connectivity index (χ1n) is 8.13. The highest BCUT2D eigenvalue weighted by Gasteiger charge is 2.40. The van der Waals surface area contributed by atoms with Crippen LogP contribution in [0.15, 0.2) is 0 Å². The monoisotopic (exact) mass is 444 g/mol. The molecule has 2 saturated heterocycles. The first kappa shape index (κ1) is 21.6. The Morgan fingerprint density at radius 2 is 1.19 bits per heavy atom.